The molecule has 0 atom stereocenters. The molecular formula is C33H30FN5O2. The lowest BCUT2D eigenvalue weighted by Gasteiger charge is -2.32. The van der Waals surface area contributed by atoms with E-state index in [0.29, 0.717) is 22.8 Å². The Kier molecular flexibility index (Phi) is 7.39. The van der Waals surface area contributed by atoms with E-state index in [1.165, 1.54) is 24.6 Å². The van der Waals surface area contributed by atoms with Gasteiger partial charge in [-0.15, -0.1) is 0 Å². The van der Waals surface area contributed by atoms with Crippen LogP contribution in [0.1, 0.15) is 53.1 Å². The molecule has 3 aromatic carbocycles. The Bertz CT molecular complexity index is 1700. The number of rotatable bonds is 7. The number of hydrogen-bond acceptors (Lipinski definition) is 5. The van der Waals surface area contributed by atoms with Crippen molar-refractivity contribution in [3.05, 3.63) is 120 Å². The van der Waals surface area contributed by atoms with Gasteiger partial charge in [-0.25, -0.2) is 9.37 Å². The highest BCUT2D eigenvalue weighted by Crippen LogP contribution is 2.30. The molecule has 0 saturated carbocycles. The molecule has 1 amide bonds. The molecule has 1 aliphatic rings. The van der Waals surface area contributed by atoms with Crippen LogP contribution in [0.15, 0.2) is 91.1 Å². The van der Waals surface area contributed by atoms with Crippen molar-refractivity contribution in [2.24, 2.45) is 0 Å². The second-order valence-corrected chi connectivity index (χ2v) is 10.5. The standard InChI is InChI=1S/C33H30FN5O2/c1-22(40)36-27-6-4-5-25(19-27)24-15-17-38(18-16-24)21-23-9-14-30(35-20-23)32(41)33-37-29-7-2-3-8-31(29)39(33)28-12-10-26(34)11-13-28/h2-14,19-20,24H,15-18,21H2,1H3,(H,36,40). The normalized spacial score (nSPS) is 14.3. The first kappa shape index (κ1) is 26.5. The maximum Gasteiger partial charge on any atom is 0.247 e. The Morgan fingerprint density at radius 2 is 1.73 bits per heavy atom. The Hall–Kier alpha value is -4.69. The van der Waals surface area contributed by atoms with Crippen LogP contribution in [0.4, 0.5) is 10.1 Å². The third kappa shape index (κ3) is 5.78. The largest absolute Gasteiger partial charge is 0.326 e. The van der Waals surface area contributed by atoms with Gasteiger partial charge < -0.3 is 5.32 Å². The number of fused-ring (bicyclic) bond motifs is 1. The monoisotopic (exact) mass is 547 g/mol. The molecule has 0 radical (unpaired) electrons. The Morgan fingerprint density at radius 1 is 0.951 bits per heavy atom. The van der Waals surface area contributed by atoms with Crippen LogP contribution in [-0.4, -0.2) is 44.2 Å². The maximum atomic E-state index is 13.6. The molecule has 0 unspecified atom stereocenters. The molecular weight excluding hydrogens is 517 g/mol. The number of pyridine rings is 1. The van der Waals surface area contributed by atoms with Crippen molar-refractivity contribution in [2.75, 3.05) is 18.4 Å². The summed E-state index contributed by atoms with van der Waals surface area (Å²) in [5.41, 5.74) is 5.56. The number of aromatic nitrogens is 3. The van der Waals surface area contributed by atoms with Crippen LogP contribution in [0.2, 0.25) is 0 Å². The summed E-state index contributed by atoms with van der Waals surface area (Å²) in [6, 6.07) is 25.4. The molecule has 7 nitrogen and oxygen atoms in total. The summed E-state index contributed by atoms with van der Waals surface area (Å²) in [5.74, 6) is -0.00551. The summed E-state index contributed by atoms with van der Waals surface area (Å²) >= 11 is 0. The number of likely N-dealkylation sites (tertiary alicyclic amines) is 1. The minimum absolute atomic E-state index is 0.0650. The van der Waals surface area contributed by atoms with E-state index in [2.05, 4.69) is 32.3 Å². The number of piperidine rings is 1. The lowest BCUT2D eigenvalue weighted by Crippen LogP contribution is -2.32. The molecule has 5 aromatic rings. The second kappa shape index (κ2) is 11.4. The van der Waals surface area contributed by atoms with Gasteiger partial charge >= 0.3 is 0 Å². The van der Waals surface area contributed by atoms with Crippen LogP contribution in [0.5, 0.6) is 0 Å². The van der Waals surface area contributed by atoms with Crippen molar-refractivity contribution in [2.45, 2.75) is 32.2 Å². The summed E-state index contributed by atoms with van der Waals surface area (Å²) in [7, 11) is 0. The van der Waals surface area contributed by atoms with Crippen molar-refractivity contribution >= 4 is 28.4 Å². The van der Waals surface area contributed by atoms with E-state index in [9.17, 15) is 14.0 Å². The Labute approximate surface area is 237 Å². The molecule has 1 N–H and O–H groups in total. The molecule has 0 bridgehead atoms. The molecule has 6 rings (SSSR count). The zero-order valence-corrected chi connectivity index (χ0v) is 22.8. The fourth-order valence-corrected chi connectivity index (χ4v) is 5.55. The lowest BCUT2D eigenvalue weighted by molar-refractivity contribution is -0.114. The number of hydrogen-bond donors (Lipinski definition) is 1. The average molecular weight is 548 g/mol. The molecule has 8 heteroatoms. The summed E-state index contributed by atoms with van der Waals surface area (Å²) in [6.45, 7) is 4.19. The lowest BCUT2D eigenvalue weighted by atomic mass is 9.89. The number of ketones is 1. The van der Waals surface area contributed by atoms with Gasteiger partial charge in [0.2, 0.25) is 11.7 Å². The number of amides is 1. The number of halogens is 1. The van der Waals surface area contributed by atoms with Crippen LogP contribution >= 0.6 is 0 Å². The van der Waals surface area contributed by atoms with Gasteiger partial charge in [-0.05, 0) is 97.6 Å². The average Bonchev–Trinajstić information content (AvgIpc) is 3.37. The van der Waals surface area contributed by atoms with Crippen molar-refractivity contribution in [3.63, 3.8) is 0 Å². The SMILES string of the molecule is CC(=O)Nc1cccc(C2CCN(Cc3ccc(C(=O)c4nc5ccccc5n4-c4ccc(F)cc4)nc3)CC2)c1. The van der Waals surface area contributed by atoms with Crippen LogP contribution in [0.25, 0.3) is 16.7 Å². The number of benzene rings is 3. The van der Waals surface area contributed by atoms with Gasteiger partial charge in [0.1, 0.15) is 11.5 Å². The number of nitrogens with one attached hydrogen (secondary N) is 1. The third-order valence-electron chi connectivity index (χ3n) is 7.58. The van der Waals surface area contributed by atoms with Crippen LogP contribution in [0, 0.1) is 5.82 Å². The Balaban J connectivity index is 1.14. The van der Waals surface area contributed by atoms with Gasteiger partial charge in [0, 0.05) is 31.0 Å². The van der Waals surface area contributed by atoms with E-state index in [0.717, 1.165) is 49.2 Å². The molecule has 41 heavy (non-hydrogen) atoms. The smallest absolute Gasteiger partial charge is 0.247 e. The van der Waals surface area contributed by atoms with Crippen molar-refractivity contribution < 1.29 is 14.0 Å². The summed E-state index contributed by atoms with van der Waals surface area (Å²) < 4.78 is 15.4. The van der Waals surface area contributed by atoms with E-state index in [-0.39, 0.29) is 23.3 Å². The van der Waals surface area contributed by atoms with Crippen LogP contribution in [0.3, 0.4) is 0 Å². The maximum absolute atomic E-state index is 13.6. The van der Waals surface area contributed by atoms with Gasteiger partial charge in [0.15, 0.2) is 5.82 Å². The number of carbonyl (C=O) groups is 2. The predicted octanol–water partition coefficient (Wildman–Crippen LogP) is 6.13. The number of nitrogens with zero attached hydrogens (tertiary/aromatic N) is 4. The van der Waals surface area contributed by atoms with E-state index >= 15 is 0 Å². The van der Waals surface area contributed by atoms with E-state index < -0.39 is 0 Å². The summed E-state index contributed by atoms with van der Waals surface area (Å²) in [5, 5.41) is 2.87. The van der Waals surface area contributed by atoms with Gasteiger partial charge in [0.25, 0.3) is 0 Å². The van der Waals surface area contributed by atoms with Crippen molar-refractivity contribution in [1.29, 1.82) is 0 Å². The molecule has 3 heterocycles. The van der Waals surface area contributed by atoms with Crippen LogP contribution < -0.4 is 5.32 Å². The highest BCUT2D eigenvalue weighted by atomic mass is 19.1. The molecule has 0 aliphatic carbocycles. The summed E-state index contributed by atoms with van der Waals surface area (Å²) in [6.07, 6.45) is 3.83. The zero-order valence-electron chi connectivity index (χ0n) is 22.8. The summed E-state index contributed by atoms with van der Waals surface area (Å²) in [4.78, 5) is 36.5. The minimum Gasteiger partial charge on any atom is -0.326 e. The molecule has 206 valence electrons. The fourth-order valence-electron chi connectivity index (χ4n) is 5.55. The van der Waals surface area contributed by atoms with Gasteiger partial charge in [-0.1, -0.05) is 30.3 Å². The van der Waals surface area contributed by atoms with E-state index in [1.54, 1.807) is 29.0 Å². The molecule has 0 spiro atoms. The number of anilines is 1. The first-order valence-electron chi connectivity index (χ1n) is 13.8. The predicted molar refractivity (Wildman–Crippen MR) is 157 cm³/mol. The van der Waals surface area contributed by atoms with Crippen molar-refractivity contribution in [3.8, 4) is 5.69 Å². The van der Waals surface area contributed by atoms with E-state index in [1.807, 2.05) is 42.5 Å². The first-order chi connectivity index (χ1) is 19.9. The molecule has 2 aromatic heterocycles. The first-order valence-corrected chi connectivity index (χ1v) is 13.8. The highest BCUT2D eigenvalue weighted by Gasteiger charge is 2.23. The number of imidazole rings is 1. The van der Waals surface area contributed by atoms with Gasteiger partial charge in [0.05, 0.1) is 11.0 Å². The number of carbonyl (C=O) groups excluding carboxylic acids is 2. The highest BCUT2D eigenvalue weighted by molar-refractivity contribution is 6.07. The topological polar surface area (TPSA) is 80.1 Å². The molecule has 1 aliphatic heterocycles. The Morgan fingerprint density at radius 3 is 2.46 bits per heavy atom. The van der Waals surface area contributed by atoms with E-state index in [4.69, 9.17) is 0 Å². The third-order valence-corrected chi connectivity index (χ3v) is 7.58. The minimum atomic E-state index is -0.344. The molecule has 1 fully saturated rings. The van der Waals surface area contributed by atoms with Gasteiger partial charge in [-0.2, -0.15) is 0 Å². The second-order valence-electron chi connectivity index (χ2n) is 10.5. The number of para-hydroxylation sites is 2. The fraction of sp³-hybridized carbons (Fsp3) is 0.212. The van der Waals surface area contributed by atoms with Crippen molar-refractivity contribution in [1.82, 2.24) is 19.4 Å². The van der Waals surface area contributed by atoms with Gasteiger partial charge in [-0.3, -0.25) is 24.0 Å². The quantitative estimate of drug-likeness (QED) is 0.248. The molecule has 1 saturated heterocycles. The van der Waals surface area contributed by atoms with Crippen LogP contribution in [-0.2, 0) is 11.3 Å². The zero-order chi connectivity index (χ0) is 28.3.